The second-order valence-electron chi connectivity index (χ2n) is 22.4. The molecule has 3 heterocycles. The van der Waals surface area contributed by atoms with Gasteiger partial charge in [0.2, 0.25) is 0 Å². The third kappa shape index (κ3) is 9.05. The van der Waals surface area contributed by atoms with Crippen LogP contribution in [0, 0.1) is 0 Å². The van der Waals surface area contributed by atoms with Crippen LogP contribution < -0.4 is 14.7 Å². The second-order valence-corrected chi connectivity index (χ2v) is 24.6. The summed E-state index contributed by atoms with van der Waals surface area (Å²) < 4.78 is 12.4. The van der Waals surface area contributed by atoms with Gasteiger partial charge in [0.25, 0.3) is 0 Å². The average Bonchev–Trinajstić information content (AvgIpc) is 2.77. The molecule has 0 aliphatic heterocycles. The number of hydrogen-bond donors (Lipinski definition) is 0. The predicted octanol–water partition coefficient (Wildman–Crippen LogP) is 24.9. The molecule has 0 fully saturated rings. The topological polar surface area (TPSA) is 22.9 Å². The van der Waals surface area contributed by atoms with E-state index in [0.717, 1.165) is 84.3 Å². The van der Waals surface area contributed by atoms with Crippen molar-refractivity contribution in [3.8, 4) is 33.4 Å². The highest BCUT2D eigenvalue weighted by Crippen LogP contribution is 2.49. The molecule has 0 aliphatic rings. The van der Waals surface area contributed by atoms with E-state index >= 15 is 0 Å². The predicted molar refractivity (Wildman–Crippen MR) is 377 cm³/mol. The first-order chi connectivity index (χ1) is 43.6. The van der Waals surface area contributed by atoms with Crippen LogP contribution in [0.2, 0.25) is 0 Å². The van der Waals surface area contributed by atoms with Crippen LogP contribution in [0.4, 0.5) is 51.2 Å². The molecule has 414 valence electrons. The van der Waals surface area contributed by atoms with E-state index in [2.05, 4.69) is 336 Å². The minimum Gasteiger partial charge on any atom is -0.455 e. The Morgan fingerprint density at radius 1 is 0.227 bits per heavy atom. The van der Waals surface area contributed by atoms with Gasteiger partial charge in [0, 0.05) is 108 Å². The quantitative estimate of drug-likeness (QED) is 0.122. The molecule has 3 aromatic heterocycles. The zero-order valence-electron chi connectivity index (χ0n) is 47.7. The SMILES string of the molecule is c1ccc(-c2ccc3c(ccc4sc5ccc(N(c6ccccc6)c6cc(-c7cccc(N(c8ccccc8)c8ccc(-c9ccc%10sc%11ccccc%11c%10c9)cc8)c7)c7oc8ccc(N(c9ccccc9)c9ccccc9)cc8c7c6)cc5c43)c2)cc1. The molecular weight excluding hydrogens is 1110 g/mol. The number of para-hydroxylation sites is 4. The molecule has 0 spiro atoms. The number of hydrogen-bond acceptors (Lipinski definition) is 6. The van der Waals surface area contributed by atoms with Crippen LogP contribution in [0.5, 0.6) is 0 Å². The Morgan fingerprint density at radius 3 is 1.38 bits per heavy atom. The lowest BCUT2D eigenvalue weighted by Crippen LogP contribution is -2.10. The third-order valence-electron chi connectivity index (χ3n) is 17.2. The molecule has 4 nitrogen and oxygen atoms in total. The molecule has 0 saturated carbocycles. The van der Waals surface area contributed by atoms with Crippen LogP contribution in [0.3, 0.4) is 0 Å². The molecule has 0 unspecified atom stereocenters. The van der Waals surface area contributed by atoms with E-state index in [9.17, 15) is 0 Å². The standard InChI is InChI=1S/C82H53N3OS2/c1-6-19-54(20-7-1)56-35-42-69-59(47-56)37-45-80-81(69)75-51-67(41-46-79(75)88-80)85(63-28-14-5-15-29-63)68-52-71(82-74(53-68)72-50-66(40-43-76(72)86-82)83(60-22-8-2-9-23-60)61-24-10-3-11-25-61)58-21-18-30-65(48-58)84(62-26-12-4-13-27-62)64-38-33-55(34-39-64)57-36-44-78-73(49-57)70-31-16-17-32-77(70)87-78/h1-53H. The highest BCUT2D eigenvalue weighted by Gasteiger charge is 2.24. The fourth-order valence-corrected chi connectivity index (χ4v) is 15.2. The molecule has 0 saturated heterocycles. The van der Waals surface area contributed by atoms with Gasteiger partial charge in [-0.3, -0.25) is 0 Å². The summed E-state index contributed by atoms with van der Waals surface area (Å²) in [6, 6.07) is 117. The summed E-state index contributed by atoms with van der Waals surface area (Å²) in [5, 5.41) is 9.63. The van der Waals surface area contributed by atoms with Crippen LogP contribution in [0.1, 0.15) is 0 Å². The third-order valence-corrected chi connectivity index (χ3v) is 19.5. The highest BCUT2D eigenvalue weighted by atomic mass is 32.1. The van der Waals surface area contributed by atoms with Crippen molar-refractivity contribution >= 4 is 147 Å². The Labute approximate surface area is 517 Å². The van der Waals surface area contributed by atoms with Crippen LogP contribution in [-0.4, -0.2) is 0 Å². The molecule has 0 atom stereocenters. The number of benzene rings is 14. The van der Waals surface area contributed by atoms with Crippen molar-refractivity contribution < 1.29 is 4.42 Å². The van der Waals surface area contributed by atoms with Gasteiger partial charge in [-0.05, 0) is 190 Å². The molecule has 0 bridgehead atoms. The maximum absolute atomic E-state index is 7.22. The Hall–Kier alpha value is -11.0. The molecule has 0 amide bonds. The largest absolute Gasteiger partial charge is 0.455 e. The summed E-state index contributed by atoms with van der Waals surface area (Å²) in [4.78, 5) is 7.11. The van der Waals surface area contributed by atoms with Crippen LogP contribution in [0.25, 0.3) is 106 Å². The molecule has 0 radical (unpaired) electrons. The Bertz CT molecular complexity index is 5410. The van der Waals surface area contributed by atoms with Gasteiger partial charge in [0.05, 0.1) is 0 Å². The lowest BCUT2D eigenvalue weighted by atomic mass is 9.98. The number of nitrogens with zero attached hydrogens (tertiary/aromatic N) is 3. The van der Waals surface area contributed by atoms with Gasteiger partial charge in [-0.1, -0.05) is 170 Å². The smallest absolute Gasteiger partial charge is 0.143 e. The van der Waals surface area contributed by atoms with Crippen molar-refractivity contribution in [2.75, 3.05) is 14.7 Å². The number of rotatable bonds is 12. The zero-order chi connectivity index (χ0) is 58.1. The summed E-state index contributed by atoms with van der Waals surface area (Å²) >= 11 is 3.71. The van der Waals surface area contributed by atoms with Gasteiger partial charge in [-0.2, -0.15) is 0 Å². The first-order valence-corrected chi connectivity index (χ1v) is 31.4. The van der Waals surface area contributed by atoms with E-state index in [4.69, 9.17) is 4.42 Å². The van der Waals surface area contributed by atoms with E-state index in [1.54, 1.807) is 0 Å². The van der Waals surface area contributed by atoms with Crippen LogP contribution in [-0.2, 0) is 0 Å². The highest BCUT2D eigenvalue weighted by molar-refractivity contribution is 7.26. The van der Waals surface area contributed by atoms with Gasteiger partial charge in [-0.25, -0.2) is 0 Å². The van der Waals surface area contributed by atoms with Gasteiger partial charge in [-0.15, -0.1) is 22.7 Å². The van der Waals surface area contributed by atoms with Crippen molar-refractivity contribution in [3.63, 3.8) is 0 Å². The van der Waals surface area contributed by atoms with Crippen molar-refractivity contribution in [3.05, 3.63) is 322 Å². The van der Waals surface area contributed by atoms with Crippen molar-refractivity contribution in [1.29, 1.82) is 0 Å². The summed E-state index contributed by atoms with van der Waals surface area (Å²) in [6.07, 6.45) is 0. The van der Waals surface area contributed by atoms with E-state index in [-0.39, 0.29) is 0 Å². The lowest BCUT2D eigenvalue weighted by Gasteiger charge is -2.27. The van der Waals surface area contributed by atoms with Gasteiger partial charge < -0.3 is 19.1 Å². The maximum Gasteiger partial charge on any atom is 0.143 e. The van der Waals surface area contributed by atoms with Gasteiger partial charge >= 0.3 is 0 Å². The molecule has 17 rings (SSSR count). The Morgan fingerprint density at radius 2 is 0.682 bits per heavy atom. The molecule has 14 aromatic carbocycles. The fourth-order valence-electron chi connectivity index (χ4n) is 13.0. The molecule has 17 aromatic rings. The normalized spacial score (nSPS) is 11.6. The van der Waals surface area contributed by atoms with E-state index in [1.807, 2.05) is 22.7 Å². The van der Waals surface area contributed by atoms with Crippen molar-refractivity contribution in [2.45, 2.75) is 0 Å². The van der Waals surface area contributed by atoms with Crippen LogP contribution in [0.15, 0.2) is 326 Å². The van der Waals surface area contributed by atoms with Gasteiger partial charge in [0.1, 0.15) is 11.2 Å². The monoisotopic (exact) mass is 1160 g/mol. The summed E-state index contributed by atoms with van der Waals surface area (Å²) in [5.41, 5.74) is 17.9. The maximum atomic E-state index is 7.22. The molecule has 88 heavy (non-hydrogen) atoms. The summed E-state index contributed by atoms with van der Waals surface area (Å²) in [6.45, 7) is 0. The molecule has 0 aliphatic carbocycles. The fraction of sp³-hybridized carbons (Fsp3) is 0. The average molecular weight is 1160 g/mol. The van der Waals surface area contributed by atoms with Gasteiger partial charge in [0.15, 0.2) is 0 Å². The van der Waals surface area contributed by atoms with Crippen molar-refractivity contribution in [2.24, 2.45) is 0 Å². The number of anilines is 9. The molecular formula is C82H53N3OS2. The first kappa shape index (κ1) is 51.4. The van der Waals surface area contributed by atoms with E-state index in [1.165, 1.54) is 73.4 Å². The minimum absolute atomic E-state index is 0.812. The number of furan rings is 1. The number of fused-ring (bicyclic) bond motifs is 11. The second kappa shape index (κ2) is 21.5. The first-order valence-electron chi connectivity index (χ1n) is 29.8. The van der Waals surface area contributed by atoms with E-state index in [0.29, 0.717) is 0 Å². The number of thiophene rings is 2. The van der Waals surface area contributed by atoms with E-state index < -0.39 is 0 Å². The van der Waals surface area contributed by atoms with Crippen LogP contribution >= 0.6 is 22.7 Å². The molecule has 6 heteroatoms. The summed E-state index contributed by atoms with van der Waals surface area (Å²) in [7, 11) is 0. The molecule has 0 N–H and O–H groups in total. The zero-order valence-corrected chi connectivity index (χ0v) is 49.3. The minimum atomic E-state index is 0.812. The van der Waals surface area contributed by atoms with Crippen molar-refractivity contribution in [1.82, 2.24) is 0 Å². The summed E-state index contributed by atoms with van der Waals surface area (Å²) in [5.74, 6) is 0. The lowest BCUT2D eigenvalue weighted by molar-refractivity contribution is 0.670. The Balaban J connectivity index is 0.850. The Kier molecular flexibility index (Phi) is 12.6.